The molecule has 1 N–H and O–H groups in total. The normalized spacial score (nSPS) is 23.2. The van der Waals surface area contributed by atoms with Crippen LogP contribution in [0.4, 0.5) is 0 Å². The summed E-state index contributed by atoms with van der Waals surface area (Å²) in [5, 5.41) is 3.33. The third-order valence-electron chi connectivity index (χ3n) is 2.58. The Morgan fingerprint density at radius 2 is 2.23 bits per heavy atom. The van der Waals surface area contributed by atoms with E-state index in [-0.39, 0.29) is 5.91 Å². The first-order valence-electron chi connectivity index (χ1n) is 5.12. The number of hydrogen-bond acceptors (Lipinski definition) is 2. The van der Waals surface area contributed by atoms with Gasteiger partial charge in [-0.15, -0.1) is 0 Å². The highest BCUT2D eigenvalue weighted by Gasteiger charge is 2.24. The molecule has 0 bridgehead atoms. The molecule has 0 aliphatic carbocycles. The molecule has 0 unspecified atom stereocenters. The lowest BCUT2D eigenvalue weighted by atomic mass is 10.0. The van der Waals surface area contributed by atoms with Gasteiger partial charge in [-0.05, 0) is 33.2 Å². The minimum Gasteiger partial charge on any atom is -0.336 e. The van der Waals surface area contributed by atoms with Crippen molar-refractivity contribution in [2.75, 3.05) is 13.1 Å². The molecule has 1 heterocycles. The zero-order chi connectivity index (χ0) is 9.84. The molecule has 1 aliphatic rings. The molecular weight excluding hydrogens is 164 g/mol. The van der Waals surface area contributed by atoms with Gasteiger partial charge in [-0.1, -0.05) is 0 Å². The fraction of sp³-hybridized carbons (Fsp3) is 0.900. The van der Waals surface area contributed by atoms with Crippen LogP contribution in [0.1, 0.15) is 33.6 Å². The molecule has 0 spiro atoms. The molecule has 3 heteroatoms. The maximum Gasteiger partial charge on any atom is 0.219 e. The van der Waals surface area contributed by atoms with Crippen molar-refractivity contribution < 1.29 is 4.79 Å². The highest BCUT2D eigenvalue weighted by molar-refractivity contribution is 5.74. The summed E-state index contributed by atoms with van der Waals surface area (Å²) in [6, 6.07) is 0.730. The zero-order valence-corrected chi connectivity index (χ0v) is 8.84. The standard InChI is InChI=1S/C10H20N2O/c1-8(2)12(9(3)13)10-5-4-6-11-7-10/h8,10-11H,4-7H2,1-3H3/t10-/m1/s1. The summed E-state index contributed by atoms with van der Waals surface area (Å²) in [7, 11) is 0. The van der Waals surface area contributed by atoms with Crippen molar-refractivity contribution in [2.45, 2.75) is 45.7 Å². The molecule has 0 aromatic carbocycles. The van der Waals surface area contributed by atoms with E-state index in [0.717, 1.165) is 19.5 Å². The van der Waals surface area contributed by atoms with Gasteiger partial charge >= 0.3 is 0 Å². The van der Waals surface area contributed by atoms with Crippen LogP contribution in [0.15, 0.2) is 0 Å². The van der Waals surface area contributed by atoms with Crippen molar-refractivity contribution >= 4 is 5.91 Å². The molecule has 0 aromatic rings. The van der Waals surface area contributed by atoms with E-state index in [2.05, 4.69) is 19.2 Å². The fourth-order valence-corrected chi connectivity index (χ4v) is 2.11. The third kappa shape index (κ3) is 2.69. The lowest BCUT2D eigenvalue weighted by molar-refractivity contribution is -0.133. The molecule has 1 aliphatic heterocycles. The average molecular weight is 184 g/mol. The van der Waals surface area contributed by atoms with Crippen LogP contribution in [0.25, 0.3) is 0 Å². The lowest BCUT2D eigenvalue weighted by Gasteiger charge is -2.36. The van der Waals surface area contributed by atoms with Crippen molar-refractivity contribution in [1.82, 2.24) is 10.2 Å². The lowest BCUT2D eigenvalue weighted by Crippen LogP contribution is -2.50. The summed E-state index contributed by atoms with van der Waals surface area (Å²) in [5.74, 6) is 0.198. The predicted octanol–water partition coefficient (Wildman–Crippen LogP) is 0.995. The minimum absolute atomic E-state index is 0.198. The van der Waals surface area contributed by atoms with E-state index in [1.807, 2.05) is 4.90 Å². The third-order valence-corrected chi connectivity index (χ3v) is 2.58. The van der Waals surface area contributed by atoms with Gasteiger partial charge in [-0.25, -0.2) is 0 Å². The van der Waals surface area contributed by atoms with Crippen LogP contribution in [0.3, 0.4) is 0 Å². The summed E-state index contributed by atoms with van der Waals surface area (Å²) >= 11 is 0. The van der Waals surface area contributed by atoms with E-state index < -0.39 is 0 Å². The van der Waals surface area contributed by atoms with Crippen LogP contribution in [0, 0.1) is 0 Å². The van der Waals surface area contributed by atoms with Crippen LogP contribution in [0.2, 0.25) is 0 Å². The van der Waals surface area contributed by atoms with Gasteiger partial charge in [0.05, 0.1) is 0 Å². The Morgan fingerprint density at radius 1 is 1.54 bits per heavy atom. The maximum absolute atomic E-state index is 11.4. The molecule has 0 aromatic heterocycles. The second-order valence-corrected chi connectivity index (χ2v) is 4.02. The van der Waals surface area contributed by atoms with Gasteiger partial charge in [0, 0.05) is 25.6 Å². The van der Waals surface area contributed by atoms with Crippen molar-refractivity contribution in [3.8, 4) is 0 Å². The Kier molecular flexibility index (Phi) is 3.72. The first kappa shape index (κ1) is 10.5. The van der Waals surface area contributed by atoms with Gasteiger partial charge in [0.25, 0.3) is 0 Å². The molecular formula is C10H20N2O. The van der Waals surface area contributed by atoms with Gasteiger partial charge in [0.1, 0.15) is 0 Å². The molecule has 3 nitrogen and oxygen atoms in total. The van der Waals surface area contributed by atoms with Gasteiger partial charge in [-0.2, -0.15) is 0 Å². The topological polar surface area (TPSA) is 32.3 Å². The Bertz CT molecular complexity index is 174. The van der Waals surface area contributed by atoms with Crippen LogP contribution >= 0.6 is 0 Å². The number of carbonyl (C=O) groups is 1. The second kappa shape index (κ2) is 4.61. The van der Waals surface area contributed by atoms with Gasteiger partial charge in [0.2, 0.25) is 5.91 Å². The van der Waals surface area contributed by atoms with Crippen molar-refractivity contribution in [3.63, 3.8) is 0 Å². The molecule has 1 atom stereocenters. The second-order valence-electron chi connectivity index (χ2n) is 4.02. The Hall–Kier alpha value is -0.570. The molecule has 1 amide bonds. The van der Waals surface area contributed by atoms with E-state index in [1.165, 1.54) is 6.42 Å². The van der Waals surface area contributed by atoms with E-state index in [9.17, 15) is 4.79 Å². The number of nitrogens with one attached hydrogen (secondary N) is 1. The number of rotatable bonds is 2. The van der Waals surface area contributed by atoms with Crippen molar-refractivity contribution in [3.05, 3.63) is 0 Å². The van der Waals surface area contributed by atoms with E-state index >= 15 is 0 Å². The molecule has 0 radical (unpaired) electrons. The predicted molar refractivity (Wildman–Crippen MR) is 53.5 cm³/mol. The Labute approximate surface area is 80.5 Å². The summed E-state index contributed by atoms with van der Waals surface area (Å²) < 4.78 is 0. The molecule has 0 saturated carbocycles. The van der Waals surface area contributed by atoms with Crippen LogP contribution in [-0.4, -0.2) is 36.0 Å². The zero-order valence-electron chi connectivity index (χ0n) is 8.84. The first-order valence-corrected chi connectivity index (χ1v) is 5.12. The summed E-state index contributed by atoms with van der Waals surface area (Å²) in [5.41, 5.74) is 0. The number of nitrogens with zero attached hydrogens (tertiary/aromatic N) is 1. The minimum atomic E-state index is 0.198. The first-order chi connectivity index (χ1) is 6.13. The molecule has 1 rings (SSSR count). The fourth-order valence-electron chi connectivity index (χ4n) is 2.11. The SMILES string of the molecule is CC(=O)N(C(C)C)[C@@H]1CCCNC1. The van der Waals surface area contributed by atoms with Crippen LogP contribution in [-0.2, 0) is 4.79 Å². The Balaban J connectivity index is 2.57. The van der Waals surface area contributed by atoms with Crippen molar-refractivity contribution in [1.29, 1.82) is 0 Å². The number of amides is 1. The number of carbonyl (C=O) groups excluding carboxylic acids is 1. The monoisotopic (exact) mass is 184 g/mol. The van der Waals surface area contributed by atoms with E-state index in [4.69, 9.17) is 0 Å². The Morgan fingerprint density at radius 3 is 2.62 bits per heavy atom. The molecule has 1 fully saturated rings. The van der Waals surface area contributed by atoms with Crippen molar-refractivity contribution in [2.24, 2.45) is 0 Å². The quantitative estimate of drug-likeness (QED) is 0.694. The largest absolute Gasteiger partial charge is 0.336 e. The van der Waals surface area contributed by atoms with Crippen LogP contribution < -0.4 is 5.32 Å². The molecule has 13 heavy (non-hydrogen) atoms. The average Bonchev–Trinajstić information content (AvgIpc) is 2.04. The summed E-state index contributed by atoms with van der Waals surface area (Å²) in [4.78, 5) is 13.4. The highest BCUT2D eigenvalue weighted by Crippen LogP contribution is 2.13. The smallest absolute Gasteiger partial charge is 0.219 e. The number of piperidine rings is 1. The van der Waals surface area contributed by atoms with E-state index in [1.54, 1.807) is 6.92 Å². The number of hydrogen-bond donors (Lipinski definition) is 1. The van der Waals surface area contributed by atoms with Gasteiger partial charge in [0.15, 0.2) is 0 Å². The van der Waals surface area contributed by atoms with E-state index in [0.29, 0.717) is 12.1 Å². The van der Waals surface area contributed by atoms with Gasteiger partial charge < -0.3 is 10.2 Å². The summed E-state index contributed by atoms with van der Waals surface area (Å²) in [6.45, 7) is 7.87. The van der Waals surface area contributed by atoms with Gasteiger partial charge in [-0.3, -0.25) is 4.79 Å². The molecule has 1 saturated heterocycles. The van der Waals surface area contributed by atoms with Crippen LogP contribution in [0.5, 0.6) is 0 Å². The molecule has 76 valence electrons. The maximum atomic E-state index is 11.4. The summed E-state index contributed by atoms with van der Waals surface area (Å²) in [6.07, 6.45) is 2.33. The highest BCUT2D eigenvalue weighted by atomic mass is 16.2.